The van der Waals surface area contributed by atoms with Crippen LogP contribution in [0.15, 0.2) is 30.3 Å². The Morgan fingerprint density at radius 1 is 1.15 bits per heavy atom. The first-order valence-electron chi connectivity index (χ1n) is 8.54. The van der Waals surface area contributed by atoms with Gasteiger partial charge in [-0.3, -0.25) is 9.59 Å². The van der Waals surface area contributed by atoms with Crippen LogP contribution < -0.4 is 5.32 Å². The molecule has 26 heavy (non-hydrogen) atoms. The molecule has 6 heteroatoms. The zero-order valence-electron chi connectivity index (χ0n) is 15.8. The number of nitrogens with one attached hydrogen (secondary N) is 1. The molecule has 1 atom stereocenters. The van der Waals surface area contributed by atoms with Crippen LogP contribution in [0.4, 0.5) is 5.69 Å². The molecule has 0 fully saturated rings. The number of benzene rings is 1. The first kappa shape index (κ1) is 19.4. The van der Waals surface area contributed by atoms with Crippen molar-refractivity contribution in [2.24, 2.45) is 0 Å². The molecule has 0 radical (unpaired) electrons. The summed E-state index contributed by atoms with van der Waals surface area (Å²) in [4.78, 5) is 36.4. The number of aromatic nitrogens is 1. The van der Waals surface area contributed by atoms with Gasteiger partial charge in [0, 0.05) is 23.5 Å². The Kier molecular flexibility index (Phi) is 5.97. The minimum atomic E-state index is -0.993. The fourth-order valence-corrected chi connectivity index (χ4v) is 2.91. The molecular formula is C20H24N2O4. The largest absolute Gasteiger partial charge is 0.449 e. The average Bonchev–Trinajstić information content (AvgIpc) is 2.88. The predicted molar refractivity (Wildman–Crippen MR) is 99.5 cm³/mol. The van der Waals surface area contributed by atoms with E-state index in [1.807, 2.05) is 25.3 Å². The number of amides is 1. The fraction of sp³-hybridized carbons (Fsp3) is 0.350. The van der Waals surface area contributed by atoms with Crippen LogP contribution in [0.5, 0.6) is 0 Å². The summed E-state index contributed by atoms with van der Waals surface area (Å²) >= 11 is 0. The number of rotatable bonds is 6. The summed E-state index contributed by atoms with van der Waals surface area (Å²) < 4.78 is 7.32. The van der Waals surface area contributed by atoms with Gasteiger partial charge in [0.25, 0.3) is 5.91 Å². The summed E-state index contributed by atoms with van der Waals surface area (Å²) in [5.74, 6) is -1.19. The maximum Gasteiger partial charge on any atom is 0.340 e. The number of para-hydroxylation sites is 1. The summed E-state index contributed by atoms with van der Waals surface area (Å²) in [7, 11) is 0. The lowest BCUT2D eigenvalue weighted by Crippen LogP contribution is -2.30. The number of carbonyl (C=O) groups excluding carboxylic acids is 3. The first-order chi connectivity index (χ1) is 12.3. The Morgan fingerprint density at radius 3 is 2.38 bits per heavy atom. The van der Waals surface area contributed by atoms with Gasteiger partial charge in [0.2, 0.25) is 0 Å². The van der Waals surface area contributed by atoms with E-state index in [2.05, 4.69) is 5.32 Å². The monoisotopic (exact) mass is 356 g/mol. The average molecular weight is 356 g/mol. The molecule has 0 unspecified atom stereocenters. The van der Waals surface area contributed by atoms with E-state index in [9.17, 15) is 14.4 Å². The van der Waals surface area contributed by atoms with Crippen LogP contribution >= 0.6 is 0 Å². The van der Waals surface area contributed by atoms with E-state index in [0.29, 0.717) is 16.8 Å². The van der Waals surface area contributed by atoms with E-state index >= 15 is 0 Å². The van der Waals surface area contributed by atoms with Crippen molar-refractivity contribution in [2.45, 2.75) is 47.3 Å². The quantitative estimate of drug-likeness (QED) is 0.635. The lowest BCUT2D eigenvalue weighted by molar-refractivity contribution is -0.123. The molecule has 2 aromatic rings. The van der Waals surface area contributed by atoms with E-state index in [-0.39, 0.29) is 5.78 Å². The number of ketones is 1. The van der Waals surface area contributed by atoms with E-state index < -0.39 is 18.0 Å². The highest BCUT2D eigenvalue weighted by Gasteiger charge is 2.23. The maximum absolute atomic E-state index is 12.4. The van der Waals surface area contributed by atoms with Gasteiger partial charge in [-0.2, -0.15) is 0 Å². The Labute approximate surface area is 153 Å². The van der Waals surface area contributed by atoms with Crippen molar-refractivity contribution < 1.29 is 19.1 Å². The predicted octanol–water partition coefficient (Wildman–Crippen LogP) is 3.51. The molecule has 0 aliphatic rings. The van der Waals surface area contributed by atoms with Gasteiger partial charge in [0.1, 0.15) is 0 Å². The molecule has 2 rings (SSSR count). The normalized spacial score (nSPS) is 11.7. The second-order valence-corrected chi connectivity index (χ2v) is 6.17. The molecule has 1 N–H and O–H groups in total. The van der Waals surface area contributed by atoms with Crippen molar-refractivity contribution in [3.8, 4) is 0 Å². The smallest absolute Gasteiger partial charge is 0.340 e. The van der Waals surface area contributed by atoms with Crippen molar-refractivity contribution in [3.05, 3.63) is 52.8 Å². The molecule has 0 aliphatic carbocycles. The van der Waals surface area contributed by atoms with E-state index in [0.717, 1.165) is 17.9 Å². The van der Waals surface area contributed by atoms with Gasteiger partial charge in [-0.15, -0.1) is 0 Å². The van der Waals surface area contributed by atoms with Crippen LogP contribution in [0.25, 0.3) is 0 Å². The third-order valence-corrected chi connectivity index (χ3v) is 4.33. The Bertz CT molecular complexity index is 851. The van der Waals surface area contributed by atoms with E-state index in [1.54, 1.807) is 30.3 Å². The Balaban J connectivity index is 2.10. The van der Waals surface area contributed by atoms with Gasteiger partial charge in [0.05, 0.1) is 11.3 Å². The minimum Gasteiger partial charge on any atom is -0.449 e. The lowest BCUT2D eigenvalue weighted by Gasteiger charge is -2.15. The second kappa shape index (κ2) is 7.99. The molecular weight excluding hydrogens is 332 g/mol. The van der Waals surface area contributed by atoms with Crippen molar-refractivity contribution >= 4 is 23.3 Å². The molecule has 1 aromatic carbocycles. The number of nitrogens with zero attached hydrogens (tertiary/aromatic N) is 1. The number of aryl methyl sites for hydroxylation is 1. The third-order valence-electron chi connectivity index (χ3n) is 4.33. The molecule has 1 amide bonds. The van der Waals surface area contributed by atoms with Crippen molar-refractivity contribution in [1.29, 1.82) is 0 Å². The number of esters is 1. The van der Waals surface area contributed by atoms with Gasteiger partial charge in [-0.1, -0.05) is 12.1 Å². The summed E-state index contributed by atoms with van der Waals surface area (Å²) in [6.07, 6.45) is -0.993. The molecule has 0 bridgehead atoms. The zero-order chi connectivity index (χ0) is 19.4. The number of ether oxygens (including phenoxy) is 1. The summed E-state index contributed by atoms with van der Waals surface area (Å²) in [6.45, 7) is 9.45. The molecule has 0 saturated carbocycles. The van der Waals surface area contributed by atoms with Crippen LogP contribution in [0.3, 0.4) is 0 Å². The van der Waals surface area contributed by atoms with Crippen molar-refractivity contribution in [1.82, 2.24) is 4.57 Å². The van der Waals surface area contributed by atoms with Crippen LogP contribution in [0, 0.1) is 13.8 Å². The Morgan fingerprint density at radius 2 is 1.81 bits per heavy atom. The second-order valence-electron chi connectivity index (χ2n) is 6.17. The van der Waals surface area contributed by atoms with Crippen molar-refractivity contribution in [2.75, 3.05) is 5.32 Å². The van der Waals surface area contributed by atoms with Crippen LogP contribution in [-0.2, 0) is 16.1 Å². The summed E-state index contributed by atoms with van der Waals surface area (Å²) in [5, 5.41) is 2.65. The third kappa shape index (κ3) is 4.02. The lowest BCUT2D eigenvalue weighted by atomic mass is 10.1. The van der Waals surface area contributed by atoms with Gasteiger partial charge in [-0.25, -0.2) is 4.79 Å². The van der Waals surface area contributed by atoms with Gasteiger partial charge < -0.3 is 14.6 Å². The molecule has 0 aliphatic heterocycles. The Hall–Kier alpha value is -2.89. The van der Waals surface area contributed by atoms with E-state index in [1.165, 1.54) is 13.8 Å². The van der Waals surface area contributed by atoms with Crippen molar-refractivity contribution in [3.63, 3.8) is 0 Å². The standard InChI is InChI=1S/C20H24N2O4/c1-6-22-12(2)11-17(13(22)3)20(25)26-15(5)19(24)21-18-10-8-7-9-16(18)14(4)23/h7-11,15H,6H2,1-5H3,(H,21,24)/t15-/m0/s1. The van der Waals surface area contributed by atoms with E-state index in [4.69, 9.17) is 4.74 Å². The number of hydrogen-bond acceptors (Lipinski definition) is 4. The highest BCUT2D eigenvalue weighted by molar-refractivity contribution is 6.05. The molecule has 1 aromatic heterocycles. The fourth-order valence-electron chi connectivity index (χ4n) is 2.91. The van der Waals surface area contributed by atoms with Gasteiger partial charge >= 0.3 is 5.97 Å². The topological polar surface area (TPSA) is 77.4 Å². The number of hydrogen-bond donors (Lipinski definition) is 1. The number of anilines is 1. The highest BCUT2D eigenvalue weighted by Crippen LogP contribution is 2.18. The van der Waals surface area contributed by atoms with Gasteiger partial charge in [0.15, 0.2) is 11.9 Å². The summed E-state index contributed by atoms with van der Waals surface area (Å²) in [6, 6.07) is 8.47. The molecule has 0 saturated heterocycles. The van der Waals surface area contributed by atoms with Crippen LogP contribution in [-0.4, -0.2) is 28.3 Å². The van der Waals surface area contributed by atoms with Crippen LogP contribution in [0.2, 0.25) is 0 Å². The molecule has 1 heterocycles. The highest BCUT2D eigenvalue weighted by atomic mass is 16.5. The van der Waals surface area contributed by atoms with Gasteiger partial charge in [-0.05, 0) is 52.8 Å². The maximum atomic E-state index is 12.4. The number of carbonyl (C=O) groups is 3. The summed E-state index contributed by atoms with van der Waals surface area (Å²) in [5.41, 5.74) is 3.03. The zero-order valence-corrected chi connectivity index (χ0v) is 15.8. The molecule has 138 valence electrons. The molecule has 0 spiro atoms. The molecule has 6 nitrogen and oxygen atoms in total. The number of Topliss-reactive ketones (excluding diaryl/α,β-unsaturated/α-hetero) is 1. The minimum absolute atomic E-state index is 0.155. The van der Waals surface area contributed by atoms with Crippen LogP contribution in [0.1, 0.15) is 52.9 Å². The SMILES string of the molecule is CCn1c(C)cc(C(=O)O[C@@H](C)C(=O)Nc2ccccc2C(C)=O)c1C. The first-order valence-corrected chi connectivity index (χ1v) is 8.54.